The first-order chi connectivity index (χ1) is 13.4. The molecule has 10 heteroatoms. The molecule has 1 N–H and O–H groups in total. The zero-order chi connectivity index (χ0) is 20.0. The number of imidazole rings is 1. The smallest absolute Gasteiger partial charge is 0.152 e. The van der Waals surface area contributed by atoms with Crippen molar-refractivity contribution in [3.05, 3.63) is 69.7 Å². The Kier molecular flexibility index (Phi) is 4.70. The highest BCUT2D eigenvalue weighted by Crippen LogP contribution is 2.33. The number of rotatable bonds is 4. The molecular formula is C18H14Cl2FN5O2. The topological polar surface area (TPSA) is 77.5 Å². The summed E-state index contributed by atoms with van der Waals surface area (Å²) >= 11 is 12.4. The van der Waals surface area contributed by atoms with Crippen molar-refractivity contribution in [2.75, 3.05) is 7.11 Å². The molecule has 0 bridgehead atoms. The maximum atomic E-state index is 14.5. The Bertz CT molecular complexity index is 1190. The first-order valence-corrected chi connectivity index (χ1v) is 8.92. The molecule has 0 amide bonds. The molecule has 7 nitrogen and oxygen atoms in total. The van der Waals surface area contributed by atoms with Gasteiger partial charge in [0.1, 0.15) is 23.2 Å². The molecule has 0 fully saturated rings. The Hall–Kier alpha value is -2.68. The maximum absolute atomic E-state index is 14.5. The van der Waals surface area contributed by atoms with E-state index in [-0.39, 0.29) is 22.2 Å². The summed E-state index contributed by atoms with van der Waals surface area (Å²) in [4.78, 5) is 4.07. The van der Waals surface area contributed by atoms with E-state index in [2.05, 4.69) is 15.3 Å². The van der Waals surface area contributed by atoms with Crippen LogP contribution in [0.2, 0.25) is 10.0 Å². The lowest BCUT2D eigenvalue weighted by Gasteiger charge is -2.14. The van der Waals surface area contributed by atoms with E-state index in [4.69, 9.17) is 27.9 Å². The Balaban J connectivity index is 1.82. The van der Waals surface area contributed by atoms with E-state index in [1.807, 2.05) is 0 Å². The Morgan fingerprint density at radius 2 is 2.00 bits per heavy atom. The summed E-state index contributed by atoms with van der Waals surface area (Å²) in [5.74, 6) is -0.385. The van der Waals surface area contributed by atoms with Crippen LogP contribution in [0.3, 0.4) is 0 Å². The van der Waals surface area contributed by atoms with Crippen LogP contribution in [0.5, 0.6) is 5.75 Å². The summed E-state index contributed by atoms with van der Waals surface area (Å²) in [5, 5.41) is 19.5. The number of aliphatic hydroxyl groups is 1. The molecular weight excluding hydrogens is 408 g/mol. The molecule has 28 heavy (non-hydrogen) atoms. The van der Waals surface area contributed by atoms with Crippen LogP contribution in [0.25, 0.3) is 11.2 Å². The molecule has 0 saturated heterocycles. The second-order valence-electron chi connectivity index (χ2n) is 6.07. The number of fused-ring (bicyclic) bond motifs is 1. The lowest BCUT2D eigenvalue weighted by molar-refractivity contribution is 0.208. The van der Waals surface area contributed by atoms with Crippen molar-refractivity contribution in [3.8, 4) is 11.4 Å². The van der Waals surface area contributed by atoms with Crippen molar-refractivity contribution in [2.24, 2.45) is 0 Å². The quantitative estimate of drug-likeness (QED) is 0.542. The number of methoxy groups -OCH3 is 1. The molecule has 1 atom stereocenters. The number of aliphatic hydroxyl groups excluding tert-OH is 1. The minimum absolute atomic E-state index is 0.0844. The summed E-state index contributed by atoms with van der Waals surface area (Å²) in [6, 6.07) is 6.00. The lowest BCUT2D eigenvalue weighted by Crippen LogP contribution is -2.09. The number of nitrogens with zero attached hydrogens (tertiary/aromatic N) is 5. The molecule has 4 aromatic rings. The van der Waals surface area contributed by atoms with Gasteiger partial charge in [0.05, 0.1) is 46.6 Å². The van der Waals surface area contributed by atoms with E-state index in [1.54, 1.807) is 36.0 Å². The van der Waals surface area contributed by atoms with E-state index in [0.717, 1.165) is 11.6 Å². The minimum Gasteiger partial charge on any atom is -0.495 e. The highest BCUT2D eigenvalue weighted by Gasteiger charge is 2.25. The van der Waals surface area contributed by atoms with E-state index in [1.165, 1.54) is 17.9 Å². The fourth-order valence-corrected chi connectivity index (χ4v) is 3.53. The van der Waals surface area contributed by atoms with Crippen LogP contribution >= 0.6 is 23.2 Å². The fraction of sp³-hybridized carbons (Fsp3) is 0.167. The van der Waals surface area contributed by atoms with Crippen LogP contribution in [-0.4, -0.2) is 36.6 Å². The third-order valence-corrected chi connectivity index (χ3v) is 5.08. The molecule has 0 saturated carbocycles. The van der Waals surface area contributed by atoms with Crippen LogP contribution in [0.1, 0.15) is 23.2 Å². The molecule has 3 aromatic heterocycles. The highest BCUT2D eigenvalue weighted by molar-refractivity contribution is 6.32. The zero-order valence-electron chi connectivity index (χ0n) is 14.8. The normalized spacial score (nSPS) is 12.5. The molecule has 0 aliphatic heterocycles. The predicted octanol–water partition coefficient (Wildman–Crippen LogP) is 3.76. The van der Waals surface area contributed by atoms with Gasteiger partial charge in [0, 0.05) is 6.07 Å². The Morgan fingerprint density at radius 1 is 1.21 bits per heavy atom. The number of hydrogen-bond acceptors (Lipinski definition) is 5. The molecule has 1 aromatic carbocycles. The van der Waals surface area contributed by atoms with Crippen molar-refractivity contribution in [1.29, 1.82) is 0 Å². The molecule has 0 spiro atoms. The number of pyridine rings is 1. The van der Waals surface area contributed by atoms with Gasteiger partial charge in [-0.1, -0.05) is 28.4 Å². The van der Waals surface area contributed by atoms with Crippen molar-refractivity contribution in [3.63, 3.8) is 0 Å². The minimum atomic E-state index is -1.20. The summed E-state index contributed by atoms with van der Waals surface area (Å²) in [6.45, 7) is 1.66. The van der Waals surface area contributed by atoms with Crippen LogP contribution in [0.15, 0.2) is 36.8 Å². The first-order valence-electron chi connectivity index (χ1n) is 8.16. The number of benzene rings is 1. The molecule has 0 aliphatic rings. The molecule has 144 valence electrons. The average molecular weight is 422 g/mol. The van der Waals surface area contributed by atoms with Crippen molar-refractivity contribution in [2.45, 2.75) is 13.0 Å². The van der Waals surface area contributed by atoms with Gasteiger partial charge in [0.25, 0.3) is 0 Å². The van der Waals surface area contributed by atoms with Crippen LogP contribution in [0, 0.1) is 12.7 Å². The SMILES string of the molecule is COc1cc(F)c(-n2nnc([C@H](O)c3c(Cl)ccc4cncn34)c2C)cc1Cl. The summed E-state index contributed by atoms with van der Waals surface area (Å²) in [6.07, 6.45) is 1.99. The molecule has 0 radical (unpaired) electrons. The highest BCUT2D eigenvalue weighted by atomic mass is 35.5. The summed E-state index contributed by atoms with van der Waals surface area (Å²) in [7, 11) is 1.40. The molecule has 0 aliphatic carbocycles. The predicted molar refractivity (Wildman–Crippen MR) is 102 cm³/mol. The Morgan fingerprint density at radius 3 is 2.75 bits per heavy atom. The average Bonchev–Trinajstić information content (AvgIpc) is 3.29. The molecule has 0 unspecified atom stereocenters. The van der Waals surface area contributed by atoms with Crippen LogP contribution < -0.4 is 4.74 Å². The number of aromatic nitrogens is 5. The fourth-order valence-electron chi connectivity index (χ4n) is 3.04. The van der Waals surface area contributed by atoms with Gasteiger partial charge in [-0.05, 0) is 25.1 Å². The number of halogens is 3. The van der Waals surface area contributed by atoms with Crippen LogP contribution in [0.4, 0.5) is 4.39 Å². The van der Waals surface area contributed by atoms with Gasteiger partial charge in [-0.25, -0.2) is 14.1 Å². The first kappa shape index (κ1) is 18.7. The largest absolute Gasteiger partial charge is 0.495 e. The summed E-state index contributed by atoms with van der Waals surface area (Å²) in [5.41, 5.74) is 1.90. The van der Waals surface area contributed by atoms with E-state index in [0.29, 0.717) is 16.4 Å². The second-order valence-corrected chi connectivity index (χ2v) is 6.88. The van der Waals surface area contributed by atoms with Crippen molar-refractivity contribution < 1.29 is 14.2 Å². The van der Waals surface area contributed by atoms with Crippen molar-refractivity contribution >= 4 is 28.7 Å². The van der Waals surface area contributed by atoms with E-state index in [9.17, 15) is 9.50 Å². The van der Waals surface area contributed by atoms with Gasteiger partial charge < -0.3 is 9.84 Å². The summed E-state index contributed by atoms with van der Waals surface area (Å²) < 4.78 is 22.5. The van der Waals surface area contributed by atoms with Gasteiger partial charge in [-0.3, -0.25) is 4.40 Å². The van der Waals surface area contributed by atoms with Gasteiger partial charge >= 0.3 is 0 Å². The van der Waals surface area contributed by atoms with Gasteiger partial charge in [0.2, 0.25) is 0 Å². The standard InChI is InChI=1S/C18H14Cl2FN5O2/c1-9-16(18(27)17-11(19)4-3-10-7-22-8-25(10)17)23-24-26(9)14-5-12(20)15(28-2)6-13(14)21/h3-8,18,27H,1-2H3/t18-/m0/s1. The zero-order valence-corrected chi connectivity index (χ0v) is 16.3. The maximum Gasteiger partial charge on any atom is 0.152 e. The Labute approximate surface area is 168 Å². The molecule has 3 heterocycles. The van der Waals surface area contributed by atoms with Gasteiger partial charge in [-0.2, -0.15) is 0 Å². The van der Waals surface area contributed by atoms with E-state index < -0.39 is 11.9 Å². The molecule has 4 rings (SSSR count). The van der Waals surface area contributed by atoms with Crippen molar-refractivity contribution in [1.82, 2.24) is 24.4 Å². The van der Waals surface area contributed by atoms with Gasteiger partial charge in [0.15, 0.2) is 5.82 Å². The van der Waals surface area contributed by atoms with Crippen LogP contribution in [-0.2, 0) is 0 Å². The second kappa shape index (κ2) is 7.05. The third kappa shape index (κ3) is 2.90. The van der Waals surface area contributed by atoms with E-state index >= 15 is 0 Å². The monoisotopic (exact) mass is 421 g/mol. The lowest BCUT2D eigenvalue weighted by atomic mass is 10.1. The number of hydrogen-bond donors (Lipinski definition) is 1. The number of ether oxygens (including phenoxy) is 1. The third-order valence-electron chi connectivity index (χ3n) is 4.47. The van der Waals surface area contributed by atoms with Gasteiger partial charge in [-0.15, -0.1) is 5.10 Å².